The third kappa shape index (κ3) is 4.48. The van der Waals surface area contributed by atoms with Crippen molar-refractivity contribution in [1.29, 1.82) is 5.26 Å². The van der Waals surface area contributed by atoms with Crippen molar-refractivity contribution in [2.24, 2.45) is 0 Å². The van der Waals surface area contributed by atoms with E-state index in [2.05, 4.69) is 36.6 Å². The lowest BCUT2D eigenvalue weighted by Gasteiger charge is -2.16. The zero-order chi connectivity index (χ0) is 23.6. The highest BCUT2D eigenvalue weighted by molar-refractivity contribution is 6.04. The second-order valence-electron chi connectivity index (χ2n) is 8.25. The van der Waals surface area contributed by atoms with Gasteiger partial charge in [-0.1, -0.05) is 0 Å². The van der Waals surface area contributed by atoms with Crippen LogP contribution in [0.5, 0.6) is 0 Å². The van der Waals surface area contributed by atoms with E-state index < -0.39 is 5.41 Å². The van der Waals surface area contributed by atoms with E-state index in [0.29, 0.717) is 16.8 Å². The number of hydrogen-bond acceptors (Lipinski definition) is 7. The van der Waals surface area contributed by atoms with Crippen molar-refractivity contribution in [1.82, 2.24) is 19.9 Å². The Bertz CT molecular complexity index is 1410. The summed E-state index contributed by atoms with van der Waals surface area (Å²) in [6, 6.07) is 9.67. The number of nitrogens with one attached hydrogen (secondary N) is 2. The van der Waals surface area contributed by atoms with E-state index in [4.69, 9.17) is 0 Å². The molecule has 4 heterocycles. The van der Waals surface area contributed by atoms with E-state index in [0.717, 1.165) is 33.5 Å². The van der Waals surface area contributed by atoms with Gasteiger partial charge in [-0.05, 0) is 44.5 Å². The molecule has 0 aliphatic rings. The Hall–Kier alpha value is -4.38. The number of anilines is 2. The van der Waals surface area contributed by atoms with Crippen molar-refractivity contribution in [3.05, 3.63) is 72.1 Å². The van der Waals surface area contributed by atoms with E-state index >= 15 is 0 Å². The lowest BCUT2D eigenvalue weighted by molar-refractivity contribution is 0.102. The minimum atomic E-state index is -0.742. The first kappa shape index (κ1) is 21.8. The second kappa shape index (κ2) is 8.63. The standard InChI is InChI=1S/C25H23N7O/c1-15-21(16-5-17-11-31-23(27-4)8-22(17)30-10-16)7-20(13-29-15)32-24(33)18-6-19(12-28-9-18)25(2,3)14-26/h5-13H,1-4H3,(H,27,31)(H,32,33). The van der Waals surface area contributed by atoms with Gasteiger partial charge < -0.3 is 10.6 Å². The summed E-state index contributed by atoms with van der Waals surface area (Å²) in [5.74, 6) is 0.428. The number of aromatic nitrogens is 4. The maximum Gasteiger partial charge on any atom is 0.257 e. The fraction of sp³-hybridized carbons (Fsp3) is 0.200. The van der Waals surface area contributed by atoms with Crippen molar-refractivity contribution in [2.75, 3.05) is 17.7 Å². The van der Waals surface area contributed by atoms with E-state index in [1.54, 1.807) is 44.7 Å². The Labute approximate surface area is 191 Å². The molecule has 8 nitrogen and oxygen atoms in total. The third-order valence-electron chi connectivity index (χ3n) is 5.48. The topological polar surface area (TPSA) is 116 Å². The quantitative estimate of drug-likeness (QED) is 0.472. The van der Waals surface area contributed by atoms with Gasteiger partial charge in [0.25, 0.3) is 5.91 Å². The summed E-state index contributed by atoms with van der Waals surface area (Å²) >= 11 is 0. The van der Waals surface area contributed by atoms with E-state index in [-0.39, 0.29) is 5.91 Å². The maximum absolute atomic E-state index is 12.9. The van der Waals surface area contributed by atoms with Crippen LogP contribution in [0.1, 0.15) is 35.5 Å². The lowest BCUT2D eigenvalue weighted by Crippen LogP contribution is -2.17. The molecule has 0 atom stereocenters. The first-order valence-corrected chi connectivity index (χ1v) is 10.4. The predicted octanol–water partition coefficient (Wildman–Crippen LogP) is 4.49. The van der Waals surface area contributed by atoms with E-state index in [1.165, 1.54) is 6.20 Å². The molecule has 4 aromatic rings. The number of nitriles is 1. The molecule has 0 spiro atoms. The molecule has 0 aliphatic heterocycles. The Kier molecular flexibility index (Phi) is 5.71. The highest BCUT2D eigenvalue weighted by atomic mass is 16.1. The van der Waals surface area contributed by atoms with Crippen LogP contribution in [0.15, 0.2) is 55.2 Å². The fourth-order valence-corrected chi connectivity index (χ4v) is 3.37. The fourth-order valence-electron chi connectivity index (χ4n) is 3.37. The smallest absolute Gasteiger partial charge is 0.257 e. The molecule has 0 bridgehead atoms. The van der Waals surface area contributed by atoms with Crippen molar-refractivity contribution in [2.45, 2.75) is 26.2 Å². The third-order valence-corrected chi connectivity index (χ3v) is 5.48. The lowest BCUT2D eigenvalue weighted by atomic mass is 9.87. The molecule has 33 heavy (non-hydrogen) atoms. The number of rotatable bonds is 5. The van der Waals surface area contributed by atoms with Gasteiger partial charge in [-0.25, -0.2) is 4.98 Å². The average Bonchev–Trinajstić information content (AvgIpc) is 2.84. The molecular formula is C25H23N7O. The number of carbonyl (C=O) groups excluding carboxylic acids is 1. The van der Waals surface area contributed by atoms with Gasteiger partial charge in [0, 0.05) is 60.1 Å². The molecule has 2 N–H and O–H groups in total. The van der Waals surface area contributed by atoms with Gasteiger partial charge in [0.05, 0.1) is 34.4 Å². The summed E-state index contributed by atoms with van der Waals surface area (Å²) < 4.78 is 0. The number of hydrogen-bond donors (Lipinski definition) is 2. The molecule has 0 aromatic carbocycles. The Morgan fingerprint density at radius 3 is 2.58 bits per heavy atom. The van der Waals surface area contributed by atoms with Crippen LogP contribution in [0.2, 0.25) is 0 Å². The van der Waals surface area contributed by atoms with Crippen LogP contribution in [-0.2, 0) is 5.41 Å². The average molecular weight is 438 g/mol. The number of amides is 1. The van der Waals surface area contributed by atoms with Gasteiger partial charge in [-0.3, -0.25) is 19.7 Å². The molecule has 0 unspecified atom stereocenters. The number of carbonyl (C=O) groups is 1. The minimum absolute atomic E-state index is 0.324. The van der Waals surface area contributed by atoms with Gasteiger partial charge >= 0.3 is 0 Å². The monoisotopic (exact) mass is 437 g/mol. The molecule has 1 amide bonds. The molecule has 0 fully saturated rings. The van der Waals surface area contributed by atoms with Gasteiger partial charge in [0.1, 0.15) is 5.82 Å². The first-order chi connectivity index (χ1) is 15.8. The molecule has 0 saturated carbocycles. The summed E-state index contributed by atoms with van der Waals surface area (Å²) in [6.45, 7) is 5.48. The molecule has 164 valence electrons. The summed E-state index contributed by atoms with van der Waals surface area (Å²) in [4.78, 5) is 30.4. The Balaban J connectivity index is 1.63. The minimum Gasteiger partial charge on any atom is -0.373 e. The Morgan fingerprint density at radius 2 is 1.82 bits per heavy atom. The van der Waals surface area contributed by atoms with Crippen molar-refractivity contribution in [3.63, 3.8) is 0 Å². The van der Waals surface area contributed by atoms with Crippen LogP contribution in [-0.4, -0.2) is 32.9 Å². The zero-order valence-electron chi connectivity index (χ0n) is 18.8. The van der Waals surface area contributed by atoms with Gasteiger partial charge in [-0.2, -0.15) is 5.26 Å². The van der Waals surface area contributed by atoms with Gasteiger partial charge in [0.2, 0.25) is 0 Å². The first-order valence-electron chi connectivity index (χ1n) is 10.4. The molecule has 0 aliphatic carbocycles. The summed E-state index contributed by atoms with van der Waals surface area (Å²) in [5.41, 5.74) is 4.24. The van der Waals surface area contributed by atoms with Crippen LogP contribution in [0.3, 0.4) is 0 Å². The van der Waals surface area contributed by atoms with Crippen LogP contribution in [0.25, 0.3) is 22.0 Å². The van der Waals surface area contributed by atoms with Crippen LogP contribution in [0, 0.1) is 18.3 Å². The summed E-state index contributed by atoms with van der Waals surface area (Å²) in [6.07, 6.45) is 8.26. The number of pyridine rings is 4. The summed E-state index contributed by atoms with van der Waals surface area (Å²) in [5, 5.41) is 16.2. The van der Waals surface area contributed by atoms with E-state index in [1.807, 2.05) is 32.2 Å². The number of nitrogens with zero attached hydrogens (tertiary/aromatic N) is 5. The highest BCUT2D eigenvalue weighted by Crippen LogP contribution is 2.28. The summed E-state index contributed by atoms with van der Waals surface area (Å²) in [7, 11) is 1.81. The van der Waals surface area contributed by atoms with Crippen LogP contribution < -0.4 is 10.6 Å². The predicted molar refractivity (Wildman–Crippen MR) is 128 cm³/mol. The number of aryl methyl sites for hydroxylation is 1. The second-order valence-corrected chi connectivity index (χ2v) is 8.25. The van der Waals surface area contributed by atoms with Crippen LogP contribution in [0.4, 0.5) is 11.5 Å². The molecule has 8 heteroatoms. The van der Waals surface area contributed by atoms with E-state index in [9.17, 15) is 10.1 Å². The maximum atomic E-state index is 12.9. The van der Waals surface area contributed by atoms with Gasteiger partial charge in [0.15, 0.2) is 0 Å². The molecule has 4 rings (SSSR count). The molecule has 0 radical (unpaired) electrons. The largest absolute Gasteiger partial charge is 0.373 e. The normalized spacial score (nSPS) is 11.1. The highest BCUT2D eigenvalue weighted by Gasteiger charge is 2.21. The SMILES string of the molecule is CNc1cc2ncc(-c3cc(NC(=O)c4cncc(C(C)(C)C#N)c4)cnc3C)cc2cn1. The van der Waals surface area contributed by atoms with Crippen molar-refractivity contribution < 1.29 is 4.79 Å². The Morgan fingerprint density at radius 1 is 1.00 bits per heavy atom. The molecule has 4 aromatic heterocycles. The van der Waals surface area contributed by atoms with Crippen molar-refractivity contribution in [3.8, 4) is 17.2 Å². The zero-order valence-corrected chi connectivity index (χ0v) is 18.8. The van der Waals surface area contributed by atoms with Crippen LogP contribution >= 0.6 is 0 Å². The molecule has 0 saturated heterocycles. The number of fused-ring (bicyclic) bond motifs is 1. The molecular weight excluding hydrogens is 414 g/mol. The van der Waals surface area contributed by atoms with Crippen molar-refractivity contribution >= 4 is 28.3 Å². The van der Waals surface area contributed by atoms with Gasteiger partial charge in [-0.15, -0.1) is 0 Å².